The highest BCUT2D eigenvalue weighted by Crippen LogP contribution is 2.20. The van der Waals surface area contributed by atoms with Crippen molar-refractivity contribution in [3.8, 4) is 0 Å². The van der Waals surface area contributed by atoms with Gasteiger partial charge in [-0.3, -0.25) is 9.59 Å². The average Bonchev–Trinajstić information content (AvgIpc) is 2.43. The molecule has 108 valence electrons. The van der Waals surface area contributed by atoms with Crippen molar-refractivity contribution in [2.45, 2.75) is 6.92 Å². The summed E-state index contributed by atoms with van der Waals surface area (Å²) in [5.41, 5.74) is 0.239. The van der Waals surface area contributed by atoms with Crippen molar-refractivity contribution in [2.24, 2.45) is 0 Å². The third-order valence-corrected chi connectivity index (χ3v) is 3.07. The third kappa shape index (κ3) is 3.44. The Hall–Kier alpha value is -2.27. The van der Waals surface area contributed by atoms with Crippen molar-refractivity contribution >= 4 is 29.0 Å². The van der Waals surface area contributed by atoms with Crippen LogP contribution in [0.3, 0.4) is 0 Å². The number of hydrogen-bond acceptors (Lipinski definition) is 2. The summed E-state index contributed by atoms with van der Waals surface area (Å²) in [6.45, 7) is 1.38. The van der Waals surface area contributed by atoms with E-state index in [2.05, 4.69) is 5.32 Å². The fraction of sp³-hybridized carbons (Fsp3) is 0.0667. The van der Waals surface area contributed by atoms with Gasteiger partial charge < -0.3 is 5.32 Å². The highest BCUT2D eigenvalue weighted by molar-refractivity contribution is 6.30. The summed E-state index contributed by atoms with van der Waals surface area (Å²) in [7, 11) is 0. The number of carbonyl (C=O) groups is 2. The summed E-state index contributed by atoms with van der Waals surface area (Å²) in [6.07, 6.45) is 0. The Morgan fingerprint density at radius 2 is 1.81 bits per heavy atom. The molecule has 0 aliphatic carbocycles. The average molecular weight is 310 g/mol. The topological polar surface area (TPSA) is 46.2 Å². The lowest BCUT2D eigenvalue weighted by Gasteiger charge is -2.08. The number of halogens is 3. The molecule has 0 bridgehead atoms. The van der Waals surface area contributed by atoms with Gasteiger partial charge in [0.25, 0.3) is 5.91 Å². The van der Waals surface area contributed by atoms with Crippen molar-refractivity contribution in [3.05, 3.63) is 64.2 Å². The van der Waals surface area contributed by atoms with Crippen molar-refractivity contribution in [3.63, 3.8) is 0 Å². The fourth-order valence-electron chi connectivity index (χ4n) is 1.71. The maximum atomic E-state index is 13.6. The lowest BCUT2D eigenvalue weighted by Crippen LogP contribution is -2.14. The van der Waals surface area contributed by atoms with E-state index >= 15 is 0 Å². The molecule has 0 unspecified atom stereocenters. The van der Waals surface area contributed by atoms with Crippen LogP contribution in [0.1, 0.15) is 27.6 Å². The van der Waals surface area contributed by atoms with E-state index in [4.69, 9.17) is 11.6 Å². The Kier molecular flexibility index (Phi) is 4.33. The zero-order valence-corrected chi connectivity index (χ0v) is 11.7. The molecule has 0 radical (unpaired) electrons. The lowest BCUT2D eigenvalue weighted by molar-refractivity contribution is 0.100. The predicted molar refractivity (Wildman–Crippen MR) is 75.8 cm³/mol. The molecule has 6 heteroatoms. The van der Waals surface area contributed by atoms with E-state index in [1.807, 2.05) is 0 Å². The molecule has 0 aromatic heterocycles. The van der Waals surface area contributed by atoms with Crippen LogP contribution in [-0.4, -0.2) is 11.7 Å². The Bertz CT molecular complexity index is 732. The maximum Gasteiger partial charge on any atom is 0.258 e. The van der Waals surface area contributed by atoms with E-state index < -0.39 is 28.1 Å². The summed E-state index contributed by atoms with van der Waals surface area (Å²) in [5, 5.41) is 2.00. The number of benzene rings is 2. The second kappa shape index (κ2) is 6.01. The van der Waals surface area contributed by atoms with Gasteiger partial charge in [-0.05, 0) is 31.2 Å². The van der Waals surface area contributed by atoms with Crippen LogP contribution in [0.5, 0.6) is 0 Å². The van der Waals surface area contributed by atoms with Crippen LogP contribution in [0, 0.1) is 11.6 Å². The van der Waals surface area contributed by atoms with Crippen LogP contribution in [0.2, 0.25) is 5.02 Å². The molecular formula is C15H10ClF2NO2. The Morgan fingerprint density at radius 3 is 2.48 bits per heavy atom. The van der Waals surface area contributed by atoms with Gasteiger partial charge in [-0.1, -0.05) is 23.7 Å². The molecule has 0 saturated carbocycles. The van der Waals surface area contributed by atoms with E-state index in [1.165, 1.54) is 19.1 Å². The second-order valence-corrected chi connectivity index (χ2v) is 4.74. The maximum absolute atomic E-state index is 13.6. The standard InChI is InChI=1S/C15H10ClF2NO2/c1-8(20)9-3-2-4-10(5-9)19-15(21)11-6-14(18)12(16)7-13(11)17/h2-7H,1H3,(H,19,21). The van der Waals surface area contributed by atoms with E-state index in [-0.39, 0.29) is 5.78 Å². The first-order valence-corrected chi connectivity index (χ1v) is 6.33. The molecule has 2 aromatic carbocycles. The highest BCUT2D eigenvalue weighted by Gasteiger charge is 2.16. The molecule has 0 fully saturated rings. The van der Waals surface area contributed by atoms with Crippen molar-refractivity contribution in [1.82, 2.24) is 0 Å². The fourth-order valence-corrected chi connectivity index (χ4v) is 1.86. The molecule has 0 spiro atoms. The van der Waals surface area contributed by atoms with Crippen LogP contribution in [0.4, 0.5) is 14.5 Å². The lowest BCUT2D eigenvalue weighted by atomic mass is 10.1. The van der Waals surface area contributed by atoms with Gasteiger partial charge in [-0.15, -0.1) is 0 Å². The monoisotopic (exact) mass is 309 g/mol. The van der Waals surface area contributed by atoms with Gasteiger partial charge in [0.2, 0.25) is 0 Å². The number of Topliss-reactive ketones (excluding diaryl/α,β-unsaturated/α-hetero) is 1. The van der Waals surface area contributed by atoms with Gasteiger partial charge in [0.15, 0.2) is 5.78 Å². The van der Waals surface area contributed by atoms with Gasteiger partial charge in [0, 0.05) is 11.3 Å². The number of nitrogens with one attached hydrogen (secondary N) is 1. The van der Waals surface area contributed by atoms with E-state index in [1.54, 1.807) is 12.1 Å². The van der Waals surface area contributed by atoms with Crippen LogP contribution in [-0.2, 0) is 0 Å². The molecule has 2 rings (SSSR count). The minimum Gasteiger partial charge on any atom is -0.322 e. The Labute approximate surface area is 124 Å². The van der Waals surface area contributed by atoms with Crippen molar-refractivity contribution in [2.75, 3.05) is 5.32 Å². The van der Waals surface area contributed by atoms with Gasteiger partial charge in [-0.2, -0.15) is 0 Å². The summed E-state index contributed by atoms with van der Waals surface area (Å²) >= 11 is 5.42. The minimum absolute atomic E-state index is 0.171. The van der Waals surface area contributed by atoms with Gasteiger partial charge in [-0.25, -0.2) is 8.78 Å². The molecule has 0 heterocycles. The van der Waals surface area contributed by atoms with Crippen LogP contribution in [0.25, 0.3) is 0 Å². The zero-order chi connectivity index (χ0) is 15.6. The number of carbonyl (C=O) groups excluding carboxylic acids is 2. The highest BCUT2D eigenvalue weighted by atomic mass is 35.5. The number of hydrogen-bond donors (Lipinski definition) is 1. The quantitative estimate of drug-likeness (QED) is 0.686. The largest absolute Gasteiger partial charge is 0.322 e. The van der Waals surface area contributed by atoms with E-state index in [0.717, 1.165) is 12.1 Å². The van der Waals surface area contributed by atoms with Crippen LogP contribution in [0.15, 0.2) is 36.4 Å². The van der Waals surface area contributed by atoms with Crippen molar-refractivity contribution in [1.29, 1.82) is 0 Å². The van der Waals surface area contributed by atoms with E-state index in [0.29, 0.717) is 11.3 Å². The summed E-state index contributed by atoms with van der Waals surface area (Å²) in [4.78, 5) is 23.2. The third-order valence-electron chi connectivity index (χ3n) is 2.78. The molecule has 1 N–H and O–H groups in total. The zero-order valence-electron chi connectivity index (χ0n) is 10.9. The molecule has 0 aliphatic rings. The van der Waals surface area contributed by atoms with E-state index in [9.17, 15) is 18.4 Å². The molecule has 0 atom stereocenters. The summed E-state index contributed by atoms with van der Waals surface area (Å²) in [5.74, 6) is -2.82. The van der Waals surface area contributed by atoms with Crippen molar-refractivity contribution < 1.29 is 18.4 Å². The molecule has 2 aromatic rings. The first-order valence-electron chi connectivity index (χ1n) is 5.95. The SMILES string of the molecule is CC(=O)c1cccc(NC(=O)c2cc(F)c(Cl)cc2F)c1. The normalized spacial score (nSPS) is 10.3. The summed E-state index contributed by atoms with van der Waals surface area (Å²) < 4.78 is 26.9. The number of rotatable bonds is 3. The number of amides is 1. The van der Waals surface area contributed by atoms with Gasteiger partial charge in [0.1, 0.15) is 11.6 Å². The molecule has 0 aliphatic heterocycles. The first-order chi connectivity index (χ1) is 9.88. The van der Waals surface area contributed by atoms with Crippen LogP contribution < -0.4 is 5.32 Å². The van der Waals surface area contributed by atoms with Gasteiger partial charge in [0.05, 0.1) is 10.6 Å². The Morgan fingerprint density at radius 1 is 1.10 bits per heavy atom. The van der Waals surface area contributed by atoms with Gasteiger partial charge >= 0.3 is 0 Å². The molecule has 3 nitrogen and oxygen atoms in total. The number of anilines is 1. The molecular weight excluding hydrogens is 300 g/mol. The summed E-state index contributed by atoms with van der Waals surface area (Å²) in [6, 6.07) is 7.60. The smallest absolute Gasteiger partial charge is 0.258 e. The second-order valence-electron chi connectivity index (χ2n) is 4.34. The van der Waals surface area contributed by atoms with Crippen LogP contribution >= 0.6 is 11.6 Å². The molecule has 21 heavy (non-hydrogen) atoms. The predicted octanol–water partition coefficient (Wildman–Crippen LogP) is 4.07. The number of ketones is 1. The minimum atomic E-state index is -0.929. The first kappa shape index (κ1) is 15.1. The molecule has 0 saturated heterocycles. The Balaban J connectivity index is 2.28. The molecule has 1 amide bonds.